The summed E-state index contributed by atoms with van der Waals surface area (Å²) in [5.41, 5.74) is 0.274. The van der Waals surface area contributed by atoms with Crippen molar-refractivity contribution in [3.63, 3.8) is 0 Å². The highest BCUT2D eigenvalue weighted by atomic mass is 32.2. The Morgan fingerprint density at radius 1 is 1.23 bits per heavy atom. The van der Waals surface area contributed by atoms with Crippen LogP contribution in [0.5, 0.6) is 0 Å². The van der Waals surface area contributed by atoms with Crippen molar-refractivity contribution in [1.82, 2.24) is 14.1 Å². The Bertz CT molecular complexity index is 990. The number of carbonyl (C=O) groups is 1. The molecule has 138 valence electrons. The second-order valence-electron chi connectivity index (χ2n) is 6.14. The van der Waals surface area contributed by atoms with Gasteiger partial charge < -0.3 is 0 Å². The zero-order chi connectivity index (χ0) is 19.1. The van der Waals surface area contributed by atoms with Gasteiger partial charge in [0.2, 0.25) is 10.0 Å². The molecule has 0 spiro atoms. The van der Waals surface area contributed by atoms with Crippen LogP contribution < -0.4 is 0 Å². The van der Waals surface area contributed by atoms with Gasteiger partial charge in [0.15, 0.2) is 0 Å². The summed E-state index contributed by atoms with van der Waals surface area (Å²) >= 11 is 0. The largest absolute Gasteiger partial charge is 0.278 e. The van der Waals surface area contributed by atoms with Gasteiger partial charge in [0, 0.05) is 30.8 Å². The number of carbonyl (C=O) groups excluding carboxylic acids is 1. The van der Waals surface area contributed by atoms with E-state index in [1.165, 1.54) is 36.4 Å². The molecule has 10 heteroatoms. The second-order valence-corrected chi connectivity index (χ2v) is 8.01. The van der Waals surface area contributed by atoms with Crippen molar-refractivity contribution in [1.29, 1.82) is 0 Å². The first-order valence-corrected chi connectivity index (χ1v) is 9.53. The minimum atomic E-state index is -3.73. The van der Waals surface area contributed by atoms with Crippen LogP contribution in [-0.4, -0.2) is 46.4 Å². The molecule has 9 nitrogen and oxygen atoms in total. The molecule has 26 heavy (non-hydrogen) atoms. The number of hydrogen-bond donors (Lipinski definition) is 0. The van der Waals surface area contributed by atoms with E-state index in [4.69, 9.17) is 0 Å². The van der Waals surface area contributed by atoms with E-state index in [2.05, 4.69) is 5.10 Å². The zero-order valence-electron chi connectivity index (χ0n) is 14.4. The minimum absolute atomic E-state index is 0.0261. The summed E-state index contributed by atoms with van der Waals surface area (Å²) in [6.45, 7) is 3.95. The van der Waals surface area contributed by atoms with E-state index in [9.17, 15) is 23.3 Å². The summed E-state index contributed by atoms with van der Waals surface area (Å²) in [5, 5.41) is 15.0. The van der Waals surface area contributed by atoms with Gasteiger partial charge in [0.05, 0.1) is 16.3 Å². The predicted molar refractivity (Wildman–Crippen MR) is 92.5 cm³/mol. The van der Waals surface area contributed by atoms with Gasteiger partial charge in [0.1, 0.15) is 4.90 Å². The Balaban J connectivity index is 2.04. The molecule has 1 saturated heterocycles. The van der Waals surface area contributed by atoms with Crippen LogP contribution in [0.1, 0.15) is 34.6 Å². The third kappa shape index (κ3) is 3.01. The molecular weight excluding hydrogens is 360 g/mol. The fourth-order valence-electron chi connectivity index (χ4n) is 3.13. The lowest BCUT2D eigenvalue weighted by molar-refractivity contribution is -0.384. The molecule has 0 atom stereocenters. The van der Waals surface area contributed by atoms with Crippen molar-refractivity contribution in [2.24, 2.45) is 0 Å². The lowest BCUT2D eigenvalue weighted by Crippen LogP contribution is -2.29. The van der Waals surface area contributed by atoms with Gasteiger partial charge in [0.25, 0.3) is 11.6 Å². The van der Waals surface area contributed by atoms with Crippen LogP contribution in [0.2, 0.25) is 0 Å². The van der Waals surface area contributed by atoms with Crippen molar-refractivity contribution < 1.29 is 18.1 Å². The molecule has 3 rings (SSSR count). The molecule has 0 radical (unpaired) electrons. The number of aromatic nitrogens is 2. The Hall–Kier alpha value is -2.59. The quantitative estimate of drug-likeness (QED) is 0.592. The monoisotopic (exact) mass is 378 g/mol. The molecular formula is C16H18N4O5S. The second kappa shape index (κ2) is 6.61. The third-order valence-electron chi connectivity index (χ3n) is 4.38. The summed E-state index contributed by atoms with van der Waals surface area (Å²) in [4.78, 5) is 23.1. The Morgan fingerprint density at radius 2 is 1.88 bits per heavy atom. The van der Waals surface area contributed by atoms with Crippen molar-refractivity contribution in [2.75, 3.05) is 13.1 Å². The molecule has 0 aliphatic carbocycles. The molecule has 1 fully saturated rings. The van der Waals surface area contributed by atoms with Gasteiger partial charge in [-0.05, 0) is 32.8 Å². The first-order chi connectivity index (χ1) is 12.2. The summed E-state index contributed by atoms with van der Waals surface area (Å²) in [5.74, 6) is -0.614. The molecule has 2 aromatic rings. The topological polar surface area (TPSA) is 115 Å². The highest BCUT2D eigenvalue weighted by molar-refractivity contribution is 7.89. The molecule has 0 bridgehead atoms. The zero-order valence-corrected chi connectivity index (χ0v) is 15.2. The SMILES string of the molecule is Cc1nn(C(=O)c2cccc([N+](=O)[O-])c2)c(C)c1S(=O)(=O)N1CCCC1. The Morgan fingerprint density at radius 3 is 2.50 bits per heavy atom. The van der Waals surface area contributed by atoms with Crippen LogP contribution in [0, 0.1) is 24.0 Å². The van der Waals surface area contributed by atoms with E-state index in [-0.39, 0.29) is 27.5 Å². The van der Waals surface area contributed by atoms with Crippen molar-refractivity contribution >= 4 is 21.6 Å². The van der Waals surface area contributed by atoms with Crippen molar-refractivity contribution in [3.05, 3.63) is 51.3 Å². The maximum atomic E-state index is 12.9. The summed E-state index contributed by atoms with van der Waals surface area (Å²) in [7, 11) is -3.73. The van der Waals surface area contributed by atoms with Crippen LogP contribution >= 0.6 is 0 Å². The molecule has 0 amide bonds. The first-order valence-electron chi connectivity index (χ1n) is 8.09. The Labute approximate surface area is 150 Å². The number of nitro benzene ring substituents is 1. The van der Waals surface area contributed by atoms with Gasteiger partial charge in [-0.3, -0.25) is 14.9 Å². The lowest BCUT2D eigenvalue weighted by Gasteiger charge is -2.15. The number of nitrogens with zero attached hydrogens (tertiary/aromatic N) is 4. The van der Waals surface area contributed by atoms with E-state index in [1.807, 2.05) is 0 Å². The minimum Gasteiger partial charge on any atom is -0.267 e. The lowest BCUT2D eigenvalue weighted by atomic mass is 10.2. The molecule has 1 aliphatic rings. The molecule has 1 aromatic heterocycles. The van der Waals surface area contributed by atoms with Crippen LogP contribution in [0.3, 0.4) is 0 Å². The van der Waals surface area contributed by atoms with Gasteiger partial charge in [-0.2, -0.15) is 14.1 Å². The average molecular weight is 378 g/mol. The number of hydrogen-bond acceptors (Lipinski definition) is 6. The van der Waals surface area contributed by atoms with Crippen LogP contribution in [0.25, 0.3) is 0 Å². The first kappa shape index (κ1) is 18.2. The highest BCUT2D eigenvalue weighted by Gasteiger charge is 2.33. The van der Waals surface area contributed by atoms with Crippen molar-refractivity contribution in [3.8, 4) is 0 Å². The maximum Gasteiger partial charge on any atom is 0.278 e. The number of non-ortho nitro benzene ring substituents is 1. The third-order valence-corrected chi connectivity index (χ3v) is 6.54. The summed E-state index contributed by atoms with van der Waals surface area (Å²) in [6, 6.07) is 5.26. The standard InChI is InChI=1S/C16H18N4O5S/c1-11-15(26(24,25)18-8-3-4-9-18)12(2)19(17-11)16(21)13-6-5-7-14(10-13)20(22)23/h5-7,10H,3-4,8-9H2,1-2H3. The summed E-state index contributed by atoms with van der Waals surface area (Å²) in [6.07, 6.45) is 1.61. The number of aryl methyl sites for hydroxylation is 1. The Kier molecular flexibility index (Phi) is 4.63. The molecule has 0 saturated carbocycles. The van der Waals surface area contributed by atoms with Crippen molar-refractivity contribution in [2.45, 2.75) is 31.6 Å². The summed E-state index contributed by atoms with van der Waals surface area (Å²) < 4.78 is 28.1. The van der Waals surface area contributed by atoms with Crippen LogP contribution in [0.15, 0.2) is 29.2 Å². The van der Waals surface area contributed by atoms with Gasteiger partial charge in [-0.25, -0.2) is 8.42 Å². The smallest absolute Gasteiger partial charge is 0.267 e. The van der Waals surface area contributed by atoms with E-state index >= 15 is 0 Å². The fourth-order valence-corrected chi connectivity index (χ4v) is 5.00. The van der Waals surface area contributed by atoms with E-state index in [0.717, 1.165) is 23.6 Å². The average Bonchev–Trinajstić information content (AvgIpc) is 3.23. The maximum absolute atomic E-state index is 12.9. The number of nitro groups is 1. The molecule has 0 unspecified atom stereocenters. The number of sulfonamides is 1. The fraction of sp³-hybridized carbons (Fsp3) is 0.375. The predicted octanol–water partition coefficient (Wildman–Crippen LogP) is 1.88. The van der Waals surface area contributed by atoms with E-state index in [1.54, 1.807) is 0 Å². The van der Waals surface area contributed by atoms with E-state index < -0.39 is 20.9 Å². The number of benzene rings is 1. The normalized spacial score (nSPS) is 15.3. The van der Waals surface area contributed by atoms with Crippen LogP contribution in [0.4, 0.5) is 5.69 Å². The van der Waals surface area contributed by atoms with Crippen LogP contribution in [-0.2, 0) is 10.0 Å². The molecule has 0 N–H and O–H groups in total. The van der Waals surface area contributed by atoms with E-state index in [0.29, 0.717) is 13.1 Å². The highest BCUT2D eigenvalue weighted by Crippen LogP contribution is 2.27. The molecule has 1 aromatic carbocycles. The molecule has 1 aliphatic heterocycles. The molecule has 2 heterocycles. The number of rotatable bonds is 4. The van der Waals surface area contributed by atoms with Gasteiger partial charge >= 0.3 is 0 Å². The van der Waals surface area contributed by atoms with Gasteiger partial charge in [-0.15, -0.1) is 0 Å². The van der Waals surface area contributed by atoms with Gasteiger partial charge in [-0.1, -0.05) is 6.07 Å².